The van der Waals surface area contributed by atoms with E-state index in [0.29, 0.717) is 30.0 Å². The Labute approximate surface area is 173 Å². The van der Waals surface area contributed by atoms with Crippen LogP contribution in [0.1, 0.15) is 22.5 Å². The van der Waals surface area contributed by atoms with E-state index in [0.717, 1.165) is 0 Å². The fourth-order valence-electron chi connectivity index (χ4n) is 3.24. The van der Waals surface area contributed by atoms with Crippen LogP contribution in [0.2, 0.25) is 0 Å². The third kappa shape index (κ3) is 5.21. The van der Waals surface area contributed by atoms with E-state index >= 15 is 0 Å². The lowest BCUT2D eigenvalue weighted by atomic mass is 9.98. The van der Waals surface area contributed by atoms with Gasteiger partial charge in [-0.2, -0.15) is 5.26 Å². The minimum atomic E-state index is -0.494. The second kappa shape index (κ2) is 9.85. The van der Waals surface area contributed by atoms with Crippen LogP contribution in [0.3, 0.4) is 0 Å². The van der Waals surface area contributed by atoms with Crippen molar-refractivity contribution in [3.8, 4) is 6.07 Å². The van der Waals surface area contributed by atoms with Crippen LogP contribution in [-0.4, -0.2) is 48.9 Å². The molecular weight excluding hydrogens is 390 g/mol. The molecule has 7 nitrogen and oxygen atoms in total. The first kappa shape index (κ1) is 20.6. The van der Waals surface area contributed by atoms with E-state index in [-0.39, 0.29) is 19.0 Å². The number of carbonyl (C=O) groups excluding carboxylic acids is 3. The molecule has 1 fully saturated rings. The molecule has 2 amide bonds. The van der Waals surface area contributed by atoms with Crippen molar-refractivity contribution in [1.29, 1.82) is 5.26 Å². The molecule has 1 aliphatic heterocycles. The van der Waals surface area contributed by atoms with Crippen LogP contribution in [-0.2, 0) is 14.3 Å². The largest absolute Gasteiger partial charge is 0.455 e. The first-order valence-corrected chi connectivity index (χ1v) is 10.2. The highest BCUT2D eigenvalue weighted by Gasteiger charge is 2.31. The molecule has 1 saturated heterocycles. The molecule has 2 heterocycles. The Morgan fingerprint density at radius 1 is 1.21 bits per heavy atom. The molecule has 0 saturated carbocycles. The molecule has 1 aromatic carbocycles. The van der Waals surface area contributed by atoms with E-state index in [2.05, 4.69) is 0 Å². The molecule has 0 radical (unpaired) electrons. The number of hydrogen-bond donors (Lipinski definition) is 0. The van der Waals surface area contributed by atoms with E-state index in [1.807, 2.05) is 23.6 Å². The summed E-state index contributed by atoms with van der Waals surface area (Å²) in [6, 6.07) is 14.3. The Morgan fingerprint density at radius 2 is 2.00 bits per heavy atom. The van der Waals surface area contributed by atoms with E-state index in [1.165, 1.54) is 16.2 Å². The predicted molar refractivity (Wildman–Crippen MR) is 108 cm³/mol. The van der Waals surface area contributed by atoms with Crippen molar-refractivity contribution in [3.63, 3.8) is 0 Å². The third-order valence-electron chi connectivity index (χ3n) is 4.71. The summed E-state index contributed by atoms with van der Waals surface area (Å²) in [6.45, 7) is 0.311. The summed E-state index contributed by atoms with van der Waals surface area (Å²) in [7, 11) is 0. The van der Waals surface area contributed by atoms with Gasteiger partial charge < -0.3 is 9.64 Å². The Bertz CT molecular complexity index is 892. The molecule has 3 rings (SSSR count). The lowest BCUT2D eigenvalue weighted by Gasteiger charge is -2.31. The third-order valence-corrected chi connectivity index (χ3v) is 5.57. The summed E-state index contributed by atoms with van der Waals surface area (Å²) in [5.74, 6) is -1.50. The smallest absolute Gasteiger partial charge is 0.311 e. The van der Waals surface area contributed by atoms with Crippen molar-refractivity contribution >= 4 is 34.8 Å². The van der Waals surface area contributed by atoms with Gasteiger partial charge in [-0.15, -0.1) is 11.3 Å². The minimum absolute atomic E-state index is 0.0853. The molecule has 29 heavy (non-hydrogen) atoms. The van der Waals surface area contributed by atoms with E-state index in [1.54, 1.807) is 35.2 Å². The van der Waals surface area contributed by atoms with Gasteiger partial charge in [0.1, 0.15) is 6.54 Å². The van der Waals surface area contributed by atoms with Gasteiger partial charge in [-0.05, 0) is 36.4 Å². The number of rotatable bonds is 6. The average molecular weight is 411 g/mol. The fraction of sp³-hybridized carbons (Fsp3) is 0.333. The lowest BCUT2D eigenvalue weighted by molar-refractivity contribution is -0.153. The number of carbonyl (C=O) groups is 3. The number of nitrogens with zero attached hydrogens (tertiary/aromatic N) is 3. The summed E-state index contributed by atoms with van der Waals surface area (Å²) in [5.41, 5.74) is 0.570. The topological polar surface area (TPSA) is 90.7 Å². The summed E-state index contributed by atoms with van der Waals surface area (Å²) in [4.78, 5) is 41.1. The van der Waals surface area contributed by atoms with E-state index in [4.69, 9.17) is 10.00 Å². The van der Waals surface area contributed by atoms with Crippen molar-refractivity contribution in [2.75, 3.05) is 31.1 Å². The summed E-state index contributed by atoms with van der Waals surface area (Å²) < 4.78 is 5.24. The standard InChI is InChI=1S/C21H21N3O4S/c22-10-12-24(17-7-2-1-3-8-17)19(25)15-28-21(27)16-6-4-11-23(14-16)20(26)18-9-5-13-29-18/h1-3,5,7-9,13,16H,4,6,11-12,14-15H2. The molecule has 0 spiro atoms. The number of amides is 2. The molecule has 1 unspecified atom stereocenters. The number of piperidine rings is 1. The van der Waals surface area contributed by atoms with Gasteiger partial charge in [0.15, 0.2) is 6.61 Å². The number of benzene rings is 1. The van der Waals surface area contributed by atoms with Crippen molar-refractivity contribution in [2.24, 2.45) is 5.92 Å². The number of nitriles is 1. The van der Waals surface area contributed by atoms with Gasteiger partial charge in [-0.1, -0.05) is 24.3 Å². The molecule has 1 aliphatic rings. The van der Waals surface area contributed by atoms with Gasteiger partial charge in [-0.25, -0.2) is 0 Å². The molecule has 0 bridgehead atoms. The number of esters is 1. The second-order valence-corrected chi connectivity index (χ2v) is 7.60. The van der Waals surface area contributed by atoms with Gasteiger partial charge in [0.05, 0.1) is 16.9 Å². The molecule has 0 N–H and O–H groups in total. The zero-order chi connectivity index (χ0) is 20.6. The van der Waals surface area contributed by atoms with Crippen LogP contribution in [0, 0.1) is 17.2 Å². The highest BCUT2D eigenvalue weighted by molar-refractivity contribution is 7.12. The van der Waals surface area contributed by atoms with Crippen LogP contribution in [0.25, 0.3) is 0 Å². The number of ether oxygens (including phenoxy) is 1. The van der Waals surface area contributed by atoms with Crippen LogP contribution in [0.5, 0.6) is 0 Å². The highest BCUT2D eigenvalue weighted by Crippen LogP contribution is 2.22. The number of anilines is 1. The monoisotopic (exact) mass is 411 g/mol. The van der Waals surface area contributed by atoms with Gasteiger partial charge in [-0.3, -0.25) is 19.3 Å². The van der Waals surface area contributed by atoms with Crippen molar-refractivity contribution in [3.05, 3.63) is 52.7 Å². The number of hydrogen-bond acceptors (Lipinski definition) is 6. The van der Waals surface area contributed by atoms with Crippen LogP contribution >= 0.6 is 11.3 Å². The van der Waals surface area contributed by atoms with E-state index in [9.17, 15) is 14.4 Å². The molecular formula is C21H21N3O4S. The SMILES string of the molecule is N#CCN(C(=O)COC(=O)C1CCCN(C(=O)c2cccs2)C1)c1ccccc1. The van der Waals surface area contributed by atoms with Crippen molar-refractivity contribution < 1.29 is 19.1 Å². The maximum absolute atomic E-state index is 12.5. The first-order chi connectivity index (χ1) is 14.1. The zero-order valence-corrected chi connectivity index (χ0v) is 16.6. The number of likely N-dealkylation sites (tertiary alicyclic amines) is 1. The summed E-state index contributed by atoms with van der Waals surface area (Å²) >= 11 is 1.37. The van der Waals surface area contributed by atoms with Gasteiger partial charge in [0, 0.05) is 18.8 Å². The number of thiophene rings is 1. The molecule has 2 aromatic rings. The van der Waals surface area contributed by atoms with Gasteiger partial charge >= 0.3 is 5.97 Å². The Kier molecular flexibility index (Phi) is 6.98. The molecule has 1 atom stereocenters. The van der Waals surface area contributed by atoms with E-state index < -0.39 is 24.4 Å². The normalized spacial score (nSPS) is 16.0. The Balaban J connectivity index is 1.56. The zero-order valence-electron chi connectivity index (χ0n) is 15.8. The second-order valence-electron chi connectivity index (χ2n) is 6.65. The lowest BCUT2D eigenvalue weighted by Crippen LogP contribution is -2.43. The summed E-state index contributed by atoms with van der Waals surface area (Å²) in [6.07, 6.45) is 1.32. The predicted octanol–water partition coefficient (Wildman–Crippen LogP) is 2.70. The average Bonchev–Trinajstić information content (AvgIpc) is 3.30. The van der Waals surface area contributed by atoms with Crippen molar-refractivity contribution in [1.82, 2.24) is 4.90 Å². The first-order valence-electron chi connectivity index (χ1n) is 9.32. The molecule has 150 valence electrons. The minimum Gasteiger partial charge on any atom is -0.455 e. The van der Waals surface area contributed by atoms with Crippen LogP contribution in [0.15, 0.2) is 47.8 Å². The van der Waals surface area contributed by atoms with Crippen LogP contribution in [0.4, 0.5) is 5.69 Å². The van der Waals surface area contributed by atoms with Gasteiger partial charge in [0.2, 0.25) is 0 Å². The maximum atomic E-state index is 12.5. The van der Waals surface area contributed by atoms with Gasteiger partial charge in [0.25, 0.3) is 11.8 Å². The Morgan fingerprint density at radius 3 is 2.69 bits per heavy atom. The highest BCUT2D eigenvalue weighted by atomic mass is 32.1. The molecule has 8 heteroatoms. The molecule has 1 aromatic heterocycles. The fourth-order valence-corrected chi connectivity index (χ4v) is 3.93. The quantitative estimate of drug-likeness (QED) is 0.538. The molecule has 0 aliphatic carbocycles. The maximum Gasteiger partial charge on any atom is 0.311 e. The Hall–Kier alpha value is -3.18. The van der Waals surface area contributed by atoms with Crippen molar-refractivity contribution in [2.45, 2.75) is 12.8 Å². The number of para-hydroxylation sites is 1. The van der Waals surface area contributed by atoms with Crippen LogP contribution < -0.4 is 4.90 Å². The summed E-state index contributed by atoms with van der Waals surface area (Å²) in [5, 5.41) is 10.8.